The van der Waals surface area contributed by atoms with Crippen LogP contribution < -0.4 is 47.9 Å². The van der Waals surface area contributed by atoms with E-state index < -0.39 is 72.4 Å². The molecule has 0 aliphatic heterocycles. The normalized spacial score (nSPS) is 11.0. The Morgan fingerprint density at radius 2 is 0.417 bits per heavy atom. The maximum absolute atomic E-state index is 15.0. The van der Waals surface area contributed by atoms with E-state index in [0.717, 1.165) is 33.4 Å². The topological polar surface area (TPSA) is 323 Å². The predicted octanol–water partition coefficient (Wildman–Crippen LogP) is 21.5. The summed E-state index contributed by atoms with van der Waals surface area (Å²) in [6.07, 6.45) is 7.58. The second-order valence-electron chi connectivity index (χ2n) is 32.0. The van der Waals surface area contributed by atoms with Crippen LogP contribution in [0.25, 0.3) is 0 Å². The lowest BCUT2D eigenvalue weighted by molar-refractivity contribution is 0.00474. The Morgan fingerprint density at radius 1 is 0.215 bits per heavy atom. The van der Waals surface area contributed by atoms with Gasteiger partial charge in [-0.3, -0.25) is 4.79 Å². The first-order valence-electron chi connectivity index (χ1n) is 45.6. The van der Waals surface area contributed by atoms with E-state index in [2.05, 4.69) is 44.8 Å². The molecule has 27 heteroatoms. The van der Waals surface area contributed by atoms with E-state index in [1.165, 1.54) is 60.7 Å². The first-order chi connectivity index (χ1) is 70.2. The van der Waals surface area contributed by atoms with Gasteiger partial charge in [0.05, 0.1) is 44.5 Å². The van der Waals surface area contributed by atoms with E-state index in [4.69, 9.17) is 80.5 Å². The maximum Gasteiger partial charge on any atom is 0.338 e. The minimum atomic E-state index is -1.33. The predicted molar refractivity (Wildman–Crippen MR) is 535 cm³/mol. The number of hydrogen-bond acceptors (Lipinski definition) is 26. The number of benzene rings is 13. The average Bonchev–Trinajstić information content (AvgIpc) is 0.785. The zero-order valence-electron chi connectivity index (χ0n) is 78.7. The summed E-state index contributed by atoms with van der Waals surface area (Å²) in [4.78, 5) is 120. The summed E-state index contributed by atoms with van der Waals surface area (Å²) in [6, 6.07) is 82.7. The van der Waals surface area contributed by atoms with Crippen molar-refractivity contribution in [3.8, 4) is 51.7 Å². The highest BCUT2D eigenvalue weighted by Gasteiger charge is 2.32. The van der Waals surface area contributed by atoms with E-state index in [1.54, 1.807) is 279 Å². The lowest BCUT2D eigenvalue weighted by Crippen LogP contribution is -2.44. The maximum atomic E-state index is 15.0. The number of hydrogen-bond donors (Lipinski definition) is 1. The Bertz CT molecular complexity index is 6340. The number of nitrogens with one attached hydrogen (secondary N) is 1. The molecule has 27 nitrogen and oxygen atoms in total. The highest BCUT2D eigenvalue weighted by molar-refractivity contribution is 5.96. The fraction of sp³-hybridized carbons (Fsp3) is 0.154. The highest BCUT2D eigenvalue weighted by atomic mass is 16.6. The first kappa shape index (κ1) is 103. The Labute approximate surface area is 832 Å². The summed E-state index contributed by atoms with van der Waals surface area (Å²) in [5.74, 6) is -1.61. The monoisotopic (exact) mass is 1940 g/mol. The molecule has 0 fully saturated rings. The van der Waals surface area contributed by atoms with Crippen molar-refractivity contribution < 1.29 is 124 Å². The van der Waals surface area contributed by atoms with Gasteiger partial charge in [-0.1, -0.05) is 179 Å². The number of ether oxygens (including phenoxy) is 17. The molecule has 0 saturated carbocycles. The van der Waals surface area contributed by atoms with Crippen LogP contribution in [0.1, 0.15) is 155 Å². The summed E-state index contributed by atoms with van der Waals surface area (Å²) < 4.78 is 101. The molecule has 144 heavy (non-hydrogen) atoms. The van der Waals surface area contributed by atoms with Crippen molar-refractivity contribution in [1.82, 2.24) is 5.32 Å². The van der Waals surface area contributed by atoms with Crippen LogP contribution in [0, 0.1) is 0 Å². The van der Waals surface area contributed by atoms with Gasteiger partial charge in [0.1, 0.15) is 163 Å². The molecule has 0 spiro atoms. The molecule has 1 N–H and O–H groups in total. The molecule has 0 unspecified atom stereocenters. The summed E-state index contributed by atoms with van der Waals surface area (Å²) in [6.45, 7) is 22.1. The summed E-state index contributed by atoms with van der Waals surface area (Å²) in [5.41, 5.74) is 9.34. The summed E-state index contributed by atoms with van der Waals surface area (Å²) in [5, 5.41) is 3.01. The molecule has 732 valence electrons. The molecular formula is C117H103NO26. The van der Waals surface area contributed by atoms with Crippen LogP contribution in [-0.4, -0.2) is 106 Å². The van der Waals surface area contributed by atoms with Gasteiger partial charge in [0.2, 0.25) is 0 Å². The second kappa shape index (κ2) is 53.6. The van der Waals surface area contributed by atoms with E-state index in [0.29, 0.717) is 107 Å². The highest BCUT2D eigenvalue weighted by Crippen LogP contribution is 2.34. The second-order valence-corrected chi connectivity index (χ2v) is 32.0. The van der Waals surface area contributed by atoms with Crippen LogP contribution >= 0.6 is 0 Å². The minimum Gasteiger partial charge on any atom is -0.489 e. The van der Waals surface area contributed by atoms with Crippen molar-refractivity contribution in [2.24, 2.45) is 0 Å². The fourth-order valence-electron chi connectivity index (χ4n) is 13.9. The summed E-state index contributed by atoms with van der Waals surface area (Å²) in [7, 11) is 0. The molecule has 0 heterocycles. The van der Waals surface area contributed by atoms with Crippen LogP contribution in [0.4, 0.5) is 0 Å². The van der Waals surface area contributed by atoms with Crippen molar-refractivity contribution >= 4 is 53.7 Å². The molecule has 13 rings (SSSR count). The van der Waals surface area contributed by atoms with Gasteiger partial charge >= 0.3 is 47.8 Å². The molecule has 0 saturated heterocycles. The van der Waals surface area contributed by atoms with Crippen LogP contribution in [0.5, 0.6) is 51.7 Å². The van der Waals surface area contributed by atoms with Crippen LogP contribution in [-0.2, 0) is 97.4 Å². The van der Waals surface area contributed by atoms with Gasteiger partial charge in [-0.2, -0.15) is 0 Å². The van der Waals surface area contributed by atoms with Crippen LogP contribution in [0.3, 0.4) is 0 Å². The Hall–Kier alpha value is -18.3. The quantitative estimate of drug-likeness (QED) is 0.0210. The van der Waals surface area contributed by atoms with E-state index >= 15 is 0 Å². The van der Waals surface area contributed by atoms with Crippen molar-refractivity contribution in [2.45, 2.75) is 71.6 Å². The van der Waals surface area contributed by atoms with Gasteiger partial charge in [0.25, 0.3) is 5.91 Å². The number of carbonyl (C=O) groups excluding carboxylic acids is 9. The molecule has 0 bridgehead atoms. The number of amides is 1. The van der Waals surface area contributed by atoms with Crippen LogP contribution in [0.15, 0.2) is 379 Å². The number of esters is 8. The van der Waals surface area contributed by atoms with Gasteiger partial charge in [0, 0.05) is 23.8 Å². The lowest BCUT2D eigenvalue weighted by atomic mass is 10.0. The Morgan fingerprint density at radius 3 is 0.653 bits per heavy atom. The average molecular weight is 1940 g/mol. The van der Waals surface area contributed by atoms with Gasteiger partial charge < -0.3 is 85.8 Å². The summed E-state index contributed by atoms with van der Waals surface area (Å²) >= 11 is 0. The standard InChI is InChI=1S/C117H103NO26/c1-7-54-128-110(120)90-30-18-79(19-31-90)69-137-101-60-85(61-102(66-101)138-70-80-20-32-91(33-21-80)111(121)129-55-8-2)75-134-98-48-42-89(43-49-98)109(119)118-107(78-143-116(126)96-44-50-99(51-45-96)135-76-86-62-103(139-71-81-22-34-92(35-23-81)112(122)130-56-9-3)67-104(63-86)140-72-82-24-36-93(37-25-82)113(123)131-57-10-4)108(88-16-14-13-15-17-88)144-117(127)97-46-52-100(53-47-97)136-77-87-64-105(141-73-83-26-38-94(39-27-83)114(124)132-58-11-5)68-106(65-87)142-74-84-28-40-95(41-29-84)115(125)133-59-12-6/h7-53,60-68,107-108H,1-6,54-59,69-78H2,(H,118,119)/t107-,108+/m0/s1. The molecule has 13 aromatic rings. The van der Waals surface area contributed by atoms with Gasteiger partial charge in [-0.25, -0.2) is 38.4 Å². The van der Waals surface area contributed by atoms with Crippen molar-refractivity contribution in [3.63, 3.8) is 0 Å². The van der Waals surface area contributed by atoms with E-state index in [-0.39, 0.29) is 116 Å². The van der Waals surface area contributed by atoms with Gasteiger partial charge in [-0.15, -0.1) is 0 Å². The molecule has 0 aliphatic carbocycles. The SMILES string of the molecule is C=CCOC(=O)c1ccc(COc2cc(COc3ccc(C(=O)N[C@@H](COC(=O)c4ccc(OCc5cc(OCc6ccc(C(=O)OCC=C)cc6)cc(OCc6ccc(C(=O)OCC=C)cc6)c5)cc4)[C@H](OC(=O)c4ccc(OCc5cc(OCc6ccc(C(=O)OCC=C)cc6)cc(OCc6ccc(C(=O)OCC=C)cc6)c5)cc4)c4ccccc4)cc3)cc(OCc3ccc(C(=O)OCC=C)cc3)c2)cc1. The van der Waals surface area contributed by atoms with Crippen molar-refractivity contribution in [2.75, 3.05) is 46.2 Å². The zero-order chi connectivity index (χ0) is 101. The molecule has 0 aromatic heterocycles. The molecule has 0 aliphatic rings. The molecule has 2 atom stereocenters. The van der Waals surface area contributed by atoms with E-state index in [9.17, 15) is 43.2 Å². The van der Waals surface area contributed by atoms with Gasteiger partial charge in [-0.05, 0) is 238 Å². The Balaban J connectivity index is 0.725. The van der Waals surface area contributed by atoms with Gasteiger partial charge in [0.15, 0.2) is 6.10 Å². The largest absolute Gasteiger partial charge is 0.489 e. The smallest absolute Gasteiger partial charge is 0.338 e. The lowest BCUT2D eigenvalue weighted by Gasteiger charge is -2.28. The number of carbonyl (C=O) groups is 9. The molecular weight excluding hydrogens is 1840 g/mol. The fourth-order valence-corrected chi connectivity index (χ4v) is 13.9. The Kier molecular flexibility index (Phi) is 38.4. The van der Waals surface area contributed by atoms with Crippen LogP contribution in [0.2, 0.25) is 0 Å². The number of rotatable bonds is 54. The third-order valence-corrected chi connectivity index (χ3v) is 21.3. The van der Waals surface area contributed by atoms with E-state index in [1.807, 2.05) is 0 Å². The first-order valence-corrected chi connectivity index (χ1v) is 45.6. The van der Waals surface area contributed by atoms with Crippen molar-refractivity contribution in [3.05, 3.63) is 485 Å². The molecule has 13 aromatic carbocycles. The third-order valence-electron chi connectivity index (χ3n) is 21.3. The third kappa shape index (κ3) is 31.9. The van der Waals surface area contributed by atoms with Crippen molar-refractivity contribution in [1.29, 1.82) is 0 Å². The molecule has 0 radical (unpaired) electrons. The minimum absolute atomic E-state index is 0.00337. The molecule has 1 amide bonds. The zero-order valence-corrected chi connectivity index (χ0v) is 78.7.